The van der Waals surface area contributed by atoms with Gasteiger partial charge in [0.1, 0.15) is 18.2 Å². The molecule has 176 valence electrons. The van der Waals surface area contributed by atoms with Crippen LogP contribution in [0.3, 0.4) is 0 Å². The van der Waals surface area contributed by atoms with Crippen LogP contribution in [0, 0.1) is 0 Å². The predicted molar refractivity (Wildman–Crippen MR) is 150 cm³/mol. The van der Waals surface area contributed by atoms with Gasteiger partial charge in [0, 0.05) is 10.3 Å². The van der Waals surface area contributed by atoms with Gasteiger partial charge in [-0.05, 0) is 41.3 Å². The molecule has 0 spiro atoms. The summed E-state index contributed by atoms with van der Waals surface area (Å²) in [5, 5.41) is 2.38. The van der Waals surface area contributed by atoms with E-state index in [1.165, 1.54) is 15.8 Å². The molecule has 0 radical (unpaired) electrons. The second kappa shape index (κ2) is 10.3. The van der Waals surface area contributed by atoms with Gasteiger partial charge in [0.15, 0.2) is 0 Å². The van der Waals surface area contributed by atoms with Gasteiger partial charge in [-0.25, -0.2) is 4.98 Å². The molecular weight excluding hydrogens is 460 g/mol. The van der Waals surface area contributed by atoms with Crippen molar-refractivity contribution in [1.29, 1.82) is 0 Å². The van der Waals surface area contributed by atoms with Gasteiger partial charge in [-0.1, -0.05) is 97.1 Å². The number of imidazole rings is 1. The minimum atomic E-state index is 0.0542. The number of rotatable bonds is 8. The van der Waals surface area contributed by atoms with Crippen LogP contribution in [0.15, 0.2) is 132 Å². The minimum absolute atomic E-state index is 0.0542. The van der Waals surface area contributed by atoms with Gasteiger partial charge in [0.05, 0.1) is 22.8 Å². The largest absolute Gasteiger partial charge is 0.491 e. The topological polar surface area (TPSA) is 27.1 Å². The molecule has 5 aromatic carbocycles. The van der Waals surface area contributed by atoms with E-state index < -0.39 is 0 Å². The fraction of sp³-hybridized carbons (Fsp3) is 0.0938. The summed E-state index contributed by atoms with van der Waals surface area (Å²) in [6.07, 6.45) is 0. The van der Waals surface area contributed by atoms with Crippen molar-refractivity contribution in [2.45, 2.75) is 16.7 Å². The SMILES string of the molecule is c1ccc(SC(c2ccccc2)c2nc3ccccc3n2CCOc2cccc3ccccc23)cc1. The van der Waals surface area contributed by atoms with Crippen LogP contribution in [0.4, 0.5) is 0 Å². The summed E-state index contributed by atoms with van der Waals surface area (Å²) in [5.74, 6) is 1.95. The maximum absolute atomic E-state index is 6.34. The van der Waals surface area contributed by atoms with Crippen LogP contribution < -0.4 is 4.74 Å². The number of hydrogen-bond donors (Lipinski definition) is 0. The third-order valence-electron chi connectivity index (χ3n) is 6.34. The molecule has 4 heteroatoms. The van der Waals surface area contributed by atoms with Crippen molar-refractivity contribution in [2.24, 2.45) is 0 Å². The number of para-hydroxylation sites is 2. The van der Waals surface area contributed by atoms with E-state index in [2.05, 4.69) is 126 Å². The van der Waals surface area contributed by atoms with Crippen LogP contribution in [-0.4, -0.2) is 16.2 Å². The first-order valence-electron chi connectivity index (χ1n) is 12.2. The van der Waals surface area contributed by atoms with Gasteiger partial charge >= 0.3 is 0 Å². The van der Waals surface area contributed by atoms with E-state index in [9.17, 15) is 0 Å². The molecule has 0 saturated carbocycles. The third-order valence-corrected chi connectivity index (χ3v) is 7.60. The first-order chi connectivity index (χ1) is 17.9. The van der Waals surface area contributed by atoms with Crippen molar-refractivity contribution in [2.75, 3.05) is 6.61 Å². The highest BCUT2D eigenvalue weighted by molar-refractivity contribution is 7.99. The molecule has 0 fully saturated rings. The van der Waals surface area contributed by atoms with Gasteiger partial charge in [0.2, 0.25) is 0 Å². The molecule has 3 nitrogen and oxygen atoms in total. The van der Waals surface area contributed by atoms with Crippen LogP contribution in [-0.2, 0) is 6.54 Å². The Morgan fingerprint density at radius 3 is 2.25 bits per heavy atom. The van der Waals surface area contributed by atoms with Crippen LogP contribution >= 0.6 is 11.8 Å². The predicted octanol–water partition coefficient (Wildman–Crippen LogP) is 8.15. The zero-order valence-electron chi connectivity index (χ0n) is 19.8. The molecule has 0 amide bonds. The lowest BCUT2D eigenvalue weighted by molar-refractivity contribution is 0.302. The van der Waals surface area contributed by atoms with Crippen molar-refractivity contribution in [3.8, 4) is 5.75 Å². The number of aromatic nitrogens is 2. The maximum Gasteiger partial charge on any atom is 0.128 e. The molecule has 1 heterocycles. The maximum atomic E-state index is 6.34. The fourth-order valence-electron chi connectivity index (χ4n) is 4.63. The number of ether oxygens (including phenoxy) is 1. The highest BCUT2D eigenvalue weighted by Crippen LogP contribution is 2.41. The Balaban J connectivity index is 1.36. The molecule has 0 N–H and O–H groups in total. The van der Waals surface area contributed by atoms with Crippen molar-refractivity contribution in [1.82, 2.24) is 9.55 Å². The molecule has 6 rings (SSSR count). The fourth-order valence-corrected chi connectivity index (χ4v) is 5.80. The Labute approximate surface area is 215 Å². The molecule has 0 aliphatic carbocycles. The lowest BCUT2D eigenvalue weighted by Gasteiger charge is -2.19. The minimum Gasteiger partial charge on any atom is -0.491 e. The molecule has 0 saturated heterocycles. The van der Waals surface area contributed by atoms with E-state index in [-0.39, 0.29) is 5.25 Å². The molecular formula is C32H26N2OS. The molecule has 1 atom stereocenters. The van der Waals surface area contributed by atoms with Gasteiger partial charge in [-0.3, -0.25) is 0 Å². The van der Waals surface area contributed by atoms with E-state index >= 15 is 0 Å². The van der Waals surface area contributed by atoms with Gasteiger partial charge < -0.3 is 9.30 Å². The van der Waals surface area contributed by atoms with Crippen molar-refractivity contribution in [3.63, 3.8) is 0 Å². The highest BCUT2D eigenvalue weighted by Gasteiger charge is 2.23. The number of fused-ring (bicyclic) bond motifs is 2. The molecule has 6 aromatic rings. The lowest BCUT2D eigenvalue weighted by atomic mass is 10.1. The molecule has 0 aliphatic heterocycles. The summed E-state index contributed by atoms with van der Waals surface area (Å²) in [7, 11) is 0. The molecule has 36 heavy (non-hydrogen) atoms. The summed E-state index contributed by atoms with van der Waals surface area (Å²) in [4.78, 5) is 6.37. The normalized spacial score (nSPS) is 12.1. The van der Waals surface area contributed by atoms with E-state index in [0.717, 1.165) is 28.0 Å². The molecule has 1 aromatic heterocycles. The Bertz CT molecular complexity index is 1590. The Morgan fingerprint density at radius 1 is 0.694 bits per heavy atom. The van der Waals surface area contributed by atoms with Crippen molar-refractivity contribution >= 4 is 33.6 Å². The molecule has 1 unspecified atom stereocenters. The Morgan fingerprint density at radius 2 is 1.39 bits per heavy atom. The first kappa shape index (κ1) is 22.4. The quantitative estimate of drug-likeness (QED) is 0.203. The second-order valence-corrected chi connectivity index (χ2v) is 9.84. The highest BCUT2D eigenvalue weighted by atomic mass is 32.2. The van der Waals surface area contributed by atoms with Gasteiger partial charge in [0.25, 0.3) is 0 Å². The monoisotopic (exact) mass is 486 g/mol. The summed E-state index contributed by atoms with van der Waals surface area (Å²) >= 11 is 1.83. The van der Waals surface area contributed by atoms with E-state index in [1.807, 2.05) is 17.8 Å². The number of thioether (sulfide) groups is 1. The van der Waals surface area contributed by atoms with Gasteiger partial charge in [-0.2, -0.15) is 0 Å². The zero-order valence-corrected chi connectivity index (χ0v) is 20.6. The zero-order chi connectivity index (χ0) is 24.2. The smallest absolute Gasteiger partial charge is 0.128 e. The van der Waals surface area contributed by atoms with E-state index in [0.29, 0.717) is 13.2 Å². The summed E-state index contributed by atoms with van der Waals surface area (Å²) < 4.78 is 8.67. The molecule has 0 bridgehead atoms. The van der Waals surface area contributed by atoms with Gasteiger partial charge in [-0.15, -0.1) is 11.8 Å². The average Bonchev–Trinajstić information content (AvgIpc) is 3.31. The summed E-state index contributed by atoms with van der Waals surface area (Å²) in [5.41, 5.74) is 3.37. The summed E-state index contributed by atoms with van der Waals surface area (Å²) in [6, 6.07) is 44.2. The van der Waals surface area contributed by atoms with Crippen LogP contribution in [0.1, 0.15) is 16.6 Å². The number of nitrogens with zero attached hydrogens (tertiary/aromatic N) is 2. The number of benzene rings is 5. The van der Waals surface area contributed by atoms with Crippen LogP contribution in [0.5, 0.6) is 5.75 Å². The third kappa shape index (κ3) is 4.60. The van der Waals surface area contributed by atoms with E-state index in [1.54, 1.807) is 0 Å². The van der Waals surface area contributed by atoms with E-state index in [4.69, 9.17) is 9.72 Å². The standard InChI is InChI=1S/C32H26N2OS/c1-3-13-25(14-4-1)31(36-26-16-5-2-6-17-26)32-33-28-19-9-10-20-29(28)34(32)22-23-35-30-21-11-15-24-12-7-8-18-27(24)30/h1-21,31H,22-23H2. The van der Waals surface area contributed by atoms with Crippen LogP contribution in [0.25, 0.3) is 21.8 Å². The first-order valence-corrected chi connectivity index (χ1v) is 13.1. The van der Waals surface area contributed by atoms with Crippen molar-refractivity contribution in [3.05, 3.63) is 139 Å². The Kier molecular flexibility index (Phi) is 6.43. The van der Waals surface area contributed by atoms with Crippen LogP contribution in [0.2, 0.25) is 0 Å². The number of hydrogen-bond acceptors (Lipinski definition) is 3. The van der Waals surface area contributed by atoms with Crippen molar-refractivity contribution < 1.29 is 4.74 Å². The second-order valence-electron chi connectivity index (χ2n) is 8.66. The lowest BCUT2D eigenvalue weighted by Crippen LogP contribution is -2.14. The summed E-state index contributed by atoms with van der Waals surface area (Å²) in [6.45, 7) is 1.26. The molecule has 0 aliphatic rings. The average molecular weight is 487 g/mol. The Hall–Kier alpha value is -4.02.